The third kappa shape index (κ3) is 3.42. The van der Waals surface area contributed by atoms with Crippen LogP contribution in [0.15, 0.2) is 41.0 Å². The van der Waals surface area contributed by atoms with Crippen LogP contribution in [0, 0.1) is 6.92 Å². The minimum atomic E-state index is -1.01. The van der Waals surface area contributed by atoms with Gasteiger partial charge in [-0.25, -0.2) is 4.79 Å². The van der Waals surface area contributed by atoms with Crippen LogP contribution >= 0.6 is 15.9 Å². The number of H-pyrrole nitrogens is 1. The van der Waals surface area contributed by atoms with Gasteiger partial charge in [0.2, 0.25) is 0 Å². The van der Waals surface area contributed by atoms with Gasteiger partial charge in [0.15, 0.2) is 6.61 Å². The lowest BCUT2D eigenvalue weighted by Gasteiger charge is -2.13. The summed E-state index contributed by atoms with van der Waals surface area (Å²) in [5.41, 5.74) is 3.34. The van der Waals surface area contributed by atoms with E-state index in [1.54, 1.807) is 12.1 Å². The van der Waals surface area contributed by atoms with Gasteiger partial charge in [-0.2, -0.15) is 0 Å². The molecule has 5 nitrogen and oxygen atoms in total. The number of carbonyl (C=O) groups is 1. The first-order chi connectivity index (χ1) is 12.5. The molecule has 0 unspecified atom stereocenters. The molecule has 3 aromatic rings. The number of halogens is 1. The minimum Gasteiger partial charge on any atom is -0.482 e. The van der Waals surface area contributed by atoms with E-state index in [1.165, 1.54) is 23.8 Å². The molecule has 0 bridgehead atoms. The van der Waals surface area contributed by atoms with E-state index in [-0.39, 0.29) is 6.61 Å². The SMILES string of the molecule is Cc1cc(OCC(=O)O)cc(Br)c1Oc1ccc2[nH]cc(C3CC3)c2c1. The molecule has 0 aliphatic heterocycles. The van der Waals surface area contributed by atoms with Gasteiger partial charge in [0.25, 0.3) is 0 Å². The van der Waals surface area contributed by atoms with Gasteiger partial charge in [-0.15, -0.1) is 0 Å². The number of aliphatic carboxylic acids is 1. The zero-order valence-corrected chi connectivity index (χ0v) is 15.8. The van der Waals surface area contributed by atoms with E-state index in [4.69, 9.17) is 14.6 Å². The van der Waals surface area contributed by atoms with Gasteiger partial charge in [0.1, 0.15) is 17.2 Å². The first-order valence-corrected chi connectivity index (χ1v) is 9.24. The highest BCUT2D eigenvalue weighted by molar-refractivity contribution is 9.10. The van der Waals surface area contributed by atoms with Gasteiger partial charge in [-0.3, -0.25) is 0 Å². The fourth-order valence-electron chi connectivity index (χ4n) is 3.09. The van der Waals surface area contributed by atoms with Crippen LogP contribution < -0.4 is 9.47 Å². The molecule has 1 aliphatic rings. The number of carboxylic acids is 1. The van der Waals surface area contributed by atoms with Crippen molar-refractivity contribution >= 4 is 32.8 Å². The van der Waals surface area contributed by atoms with Crippen molar-refractivity contribution in [2.75, 3.05) is 6.61 Å². The molecule has 6 heteroatoms. The van der Waals surface area contributed by atoms with E-state index in [9.17, 15) is 4.79 Å². The van der Waals surface area contributed by atoms with E-state index in [1.807, 2.05) is 19.1 Å². The summed E-state index contributed by atoms with van der Waals surface area (Å²) < 4.78 is 12.1. The lowest BCUT2D eigenvalue weighted by Crippen LogP contribution is -2.09. The van der Waals surface area contributed by atoms with Crippen LogP contribution in [0.2, 0.25) is 0 Å². The van der Waals surface area contributed by atoms with Gasteiger partial charge in [0.05, 0.1) is 4.47 Å². The average Bonchev–Trinajstić information content (AvgIpc) is 3.36. The third-order valence-electron chi connectivity index (χ3n) is 4.49. The van der Waals surface area contributed by atoms with Crippen molar-refractivity contribution in [2.45, 2.75) is 25.7 Å². The van der Waals surface area contributed by atoms with Gasteiger partial charge in [-0.05, 0) is 83.1 Å². The maximum atomic E-state index is 10.7. The lowest BCUT2D eigenvalue weighted by atomic mass is 10.1. The summed E-state index contributed by atoms with van der Waals surface area (Å²) >= 11 is 3.49. The fraction of sp³-hybridized carbons (Fsp3) is 0.250. The summed E-state index contributed by atoms with van der Waals surface area (Å²) in [7, 11) is 0. The number of ether oxygens (including phenoxy) is 2. The summed E-state index contributed by atoms with van der Waals surface area (Å²) in [5.74, 6) is 1.60. The molecule has 1 aliphatic carbocycles. The molecule has 2 N–H and O–H groups in total. The highest BCUT2D eigenvalue weighted by Crippen LogP contribution is 2.44. The number of aromatic nitrogens is 1. The monoisotopic (exact) mass is 415 g/mol. The van der Waals surface area contributed by atoms with E-state index in [2.05, 4.69) is 33.2 Å². The molecular formula is C20H18BrNO4. The molecule has 4 rings (SSSR count). The molecule has 134 valence electrons. The number of hydrogen-bond donors (Lipinski definition) is 2. The minimum absolute atomic E-state index is 0.375. The Kier molecular flexibility index (Phi) is 4.36. The molecule has 0 saturated heterocycles. The number of rotatable bonds is 6. The fourth-order valence-corrected chi connectivity index (χ4v) is 3.71. The Balaban J connectivity index is 1.61. The Morgan fingerprint density at radius 1 is 1.27 bits per heavy atom. The normalized spacial score (nSPS) is 13.8. The maximum absolute atomic E-state index is 10.7. The highest BCUT2D eigenvalue weighted by Gasteiger charge is 2.26. The largest absolute Gasteiger partial charge is 0.482 e. The van der Waals surface area contributed by atoms with Crippen molar-refractivity contribution in [3.05, 3.63) is 52.1 Å². The zero-order valence-electron chi connectivity index (χ0n) is 14.2. The molecule has 0 atom stereocenters. The molecule has 1 aromatic heterocycles. The number of benzene rings is 2. The summed E-state index contributed by atoms with van der Waals surface area (Å²) in [5, 5.41) is 9.94. The predicted octanol–water partition coefficient (Wildman–Crippen LogP) is 5.37. The second-order valence-electron chi connectivity index (χ2n) is 6.56. The molecule has 0 radical (unpaired) electrons. The summed E-state index contributed by atoms with van der Waals surface area (Å²) in [6, 6.07) is 9.53. The van der Waals surface area contributed by atoms with E-state index in [0.29, 0.717) is 17.4 Å². The smallest absolute Gasteiger partial charge is 0.341 e. The van der Waals surface area contributed by atoms with Gasteiger partial charge in [-0.1, -0.05) is 0 Å². The quantitative estimate of drug-likeness (QED) is 0.567. The molecule has 1 saturated carbocycles. The first-order valence-electron chi connectivity index (χ1n) is 8.45. The molecule has 1 fully saturated rings. The third-order valence-corrected chi connectivity index (χ3v) is 5.08. The second-order valence-corrected chi connectivity index (χ2v) is 7.42. The van der Waals surface area contributed by atoms with Crippen molar-refractivity contribution in [3.8, 4) is 17.2 Å². The van der Waals surface area contributed by atoms with Crippen molar-refractivity contribution in [1.29, 1.82) is 0 Å². The second kappa shape index (κ2) is 6.68. The number of aromatic amines is 1. The van der Waals surface area contributed by atoms with Crippen LogP contribution in [0.25, 0.3) is 10.9 Å². The maximum Gasteiger partial charge on any atom is 0.341 e. The molecule has 2 aromatic carbocycles. The van der Waals surface area contributed by atoms with Crippen molar-refractivity contribution in [3.63, 3.8) is 0 Å². The standard InChI is InChI=1S/C20H18BrNO4/c1-11-6-14(25-10-19(23)24)8-17(21)20(11)26-13-4-5-18-15(7-13)16(9-22-18)12-2-3-12/h4-9,12,22H,2-3,10H2,1H3,(H,23,24). The van der Waals surface area contributed by atoms with Crippen molar-refractivity contribution in [2.24, 2.45) is 0 Å². The Morgan fingerprint density at radius 3 is 2.77 bits per heavy atom. The Morgan fingerprint density at radius 2 is 2.08 bits per heavy atom. The summed E-state index contributed by atoms with van der Waals surface area (Å²) in [4.78, 5) is 14.0. The molecular weight excluding hydrogens is 398 g/mol. The van der Waals surface area contributed by atoms with Gasteiger partial charge < -0.3 is 19.6 Å². The van der Waals surface area contributed by atoms with Crippen LogP contribution in [0.4, 0.5) is 0 Å². The topological polar surface area (TPSA) is 71.6 Å². The highest BCUT2D eigenvalue weighted by atomic mass is 79.9. The van der Waals surface area contributed by atoms with Crippen molar-refractivity contribution < 1.29 is 19.4 Å². The van der Waals surface area contributed by atoms with Crippen molar-refractivity contribution in [1.82, 2.24) is 4.98 Å². The number of nitrogens with one attached hydrogen (secondary N) is 1. The summed E-state index contributed by atoms with van der Waals surface area (Å²) in [6.45, 7) is 1.53. The van der Waals surface area contributed by atoms with E-state index < -0.39 is 5.97 Å². The van der Waals surface area contributed by atoms with Crippen LogP contribution in [-0.4, -0.2) is 22.7 Å². The number of carboxylic acid groups (broad SMARTS) is 1. The predicted molar refractivity (Wildman–Crippen MR) is 102 cm³/mol. The number of hydrogen-bond acceptors (Lipinski definition) is 3. The molecule has 0 spiro atoms. The van der Waals surface area contributed by atoms with Gasteiger partial charge >= 0.3 is 5.97 Å². The van der Waals surface area contributed by atoms with E-state index in [0.717, 1.165) is 21.3 Å². The zero-order chi connectivity index (χ0) is 18.3. The van der Waals surface area contributed by atoms with Crippen LogP contribution in [0.5, 0.6) is 17.2 Å². The van der Waals surface area contributed by atoms with Gasteiger partial charge in [0, 0.05) is 17.1 Å². The number of aryl methyl sites for hydroxylation is 1. The van der Waals surface area contributed by atoms with Crippen LogP contribution in [0.1, 0.15) is 29.9 Å². The first kappa shape index (κ1) is 17.0. The van der Waals surface area contributed by atoms with E-state index >= 15 is 0 Å². The Labute approximate surface area is 159 Å². The molecule has 0 amide bonds. The molecule has 26 heavy (non-hydrogen) atoms. The molecule has 1 heterocycles. The van der Waals surface area contributed by atoms with Crippen LogP contribution in [0.3, 0.4) is 0 Å². The average molecular weight is 416 g/mol. The number of fused-ring (bicyclic) bond motifs is 1. The lowest BCUT2D eigenvalue weighted by molar-refractivity contribution is -0.139. The Hall–Kier alpha value is -2.47. The van der Waals surface area contributed by atoms with Crippen LogP contribution in [-0.2, 0) is 4.79 Å². The summed E-state index contributed by atoms with van der Waals surface area (Å²) in [6.07, 6.45) is 4.60. The Bertz CT molecular complexity index is 968.